The van der Waals surface area contributed by atoms with Gasteiger partial charge in [0.15, 0.2) is 6.10 Å². The third kappa shape index (κ3) is 4.94. The van der Waals surface area contributed by atoms with Crippen molar-refractivity contribution in [1.82, 2.24) is 0 Å². The van der Waals surface area contributed by atoms with E-state index in [9.17, 15) is 14.7 Å². The highest BCUT2D eigenvalue weighted by Gasteiger charge is 2.21. The molecule has 1 aliphatic rings. The van der Waals surface area contributed by atoms with E-state index in [0.29, 0.717) is 23.9 Å². The molecular weight excluding hydrogens is 384 g/mol. The SMILES string of the molecule is C[C@@H](OC(=O)c1ccc(Cl)cc1O)C(=O)Nc1ccc(N2CCOCC2)cc1. The van der Waals surface area contributed by atoms with Crippen LogP contribution in [-0.4, -0.2) is 49.4 Å². The third-order valence-electron chi connectivity index (χ3n) is 4.34. The summed E-state index contributed by atoms with van der Waals surface area (Å²) in [5.74, 6) is -1.58. The van der Waals surface area contributed by atoms with E-state index in [-0.39, 0.29) is 11.3 Å². The molecule has 1 amide bonds. The van der Waals surface area contributed by atoms with E-state index in [2.05, 4.69) is 10.2 Å². The first-order chi connectivity index (χ1) is 13.4. The van der Waals surface area contributed by atoms with Gasteiger partial charge in [-0.05, 0) is 49.4 Å². The molecule has 2 N–H and O–H groups in total. The number of hydrogen-bond donors (Lipinski definition) is 2. The first-order valence-corrected chi connectivity index (χ1v) is 9.25. The number of phenols is 1. The Hall–Kier alpha value is -2.77. The molecule has 1 aliphatic heterocycles. The molecule has 0 saturated carbocycles. The Labute approximate surface area is 167 Å². The minimum absolute atomic E-state index is 0.0566. The van der Waals surface area contributed by atoms with Gasteiger partial charge in [0.25, 0.3) is 5.91 Å². The minimum atomic E-state index is -1.04. The van der Waals surface area contributed by atoms with Gasteiger partial charge in [-0.15, -0.1) is 0 Å². The molecule has 0 aromatic heterocycles. The van der Waals surface area contributed by atoms with Crippen LogP contribution >= 0.6 is 11.6 Å². The van der Waals surface area contributed by atoms with E-state index in [1.54, 1.807) is 12.1 Å². The second-order valence-corrected chi connectivity index (χ2v) is 6.78. The van der Waals surface area contributed by atoms with Crippen LogP contribution in [0.3, 0.4) is 0 Å². The highest BCUT2D eigenvalue weighted by Crippen LogP contribution is 2.23. The summed E-state index contributed by atoms with van der Waals surface area (Å²) >= 11 is 5.74. The maximum atomic E-state index is 12.3. The molecule has 3 rings (SSSR count). The maximum absolute atomic E-state index is 12.3. The Morgan fingerprint density at radius 1 is 1.18 bits per heavy atom. The molecule has 0 aliphatic carbocycles. The normalized spacial score (nSPS) is 15.0. The van der Waals surface area contributed by atoms with Crippen molar-refractivity contribution in [3.63, 3.8) is 0 Å². The smallest absolute Gasteiger partial charge is 0.342 e. The van der Waals surface area contributed by atoms with Crippen LogP contribution in [0, 0.1) is 0 Å². The van der Waals surface area contributed by atoms with E-state index >= 15 is 0 Å². The number of aromatic hydroxyl groups is 1. The quantitative estimate of drug-likeness (QED) is 0.744. The van der Waals surface area contributed by atoms with Crippen molar-refractivity contribution in [2.45, 2.75) is 13.0 Å². The molecule has 1 fully saturated rings. The molecule has 0 radical (unpaired) electrons. The standard InChI is InChI=1S/C20H21ClN2O5/c1-13(28-20(26)17-7-2-14(21)12-18(17)24)19(25)22-15-3-5-16(6-4-15)23-8-10-27-11-9-23/h2-7,12-13,24H,8-11H2,1H3,(H,22,25)/t13-/m1/s1. The van der Waals surface area contributed by atoms with Crippen LogP contribution in [0.2, 0.25) is 5.02 Å². The summed E-state index contributed by atoms with van der Waals surface area (Å²) in [6, 6.07) is 11.5. The average Bonchev–Trinajstić information content (AvgIpc) is 2.69. The van der Waals surface area contributed by atoms with E-state index in [1.807, 2.05) is 12.1 Å². The molecule has 1 atom stereocenters. The number of esters is 1. The minimum Gasteiger partial charge on any atom is -0.507 e. The van der Waals surface area contributed by atoms with Crippen LogP contribution in [0.15, 0.2) is 42.5 Å². The number of anilines is 2. The molecule has 0 bridgehead atoms. The topological polar surface area (TPSA) is 88.1 Å². The van der Waals surface area contributed by atoms with Gasteiger partial charge in [-0.1, -0.05) is 11.6 Å². The van der Waals surface area contributed by atoms with Crippen LogP contribution in [0.1, 0.15) is 17.3 Å². The maximum Gasteiger partial charge on any atom is 0.342 e. The molecule has 28 heavy (non-hydrogen) atoms. The monoisotopic (exact) mass is 404 g/mol. The first kappa shape index (κ1) is 20.0. The average molecular weight is 405 g/mol. The molecule has 0 spiro atoms. The lowest BCUT2D eigenvalue weighted by atomic mass is 10.2. The third-order valence-corrected chi connectivity index (χ3v) is 4.58. The lowest BCUT2D eigenvalue weighted by molar-refractivity contribution is -0.123. The molecular formula is C20H21ClN2O5. The summed E-state index contributed by atoms with van der Waals surface area (Å²) in [5.41, 5.74) is 1.59. The Bertz CT molecular complexity index is 850. The second-order valence-electron chi connectivity index (χ2n) is 6.34. The summed E-state index contributed by atoms with van der Waals surface area (Å²) in [4.78, 5) is 26.7. The number of halogens is 1. The summed E-state index contributed by atoms with van der Waals surface area (Å²) in [7, 11) is 0. The van der Waals surface area contributed by atoms with Gasteiger partial charge in [0.1, 0.15) is 11.3 Å². The first-order valence-electron chi connectivity index (χ1n) is 8.87. The lowest BCUT2D eigenvalue weighted by Gasteiger charge is -2.28. The van der Waals surface area contributed by atoms with E-state index < -0.39 is 18.0 Å². The van der Waals surface area contributed by atoms with Crippen molar-refractivity contribution < 1.29 is 24.2 Å². The lowest BCUT2D eigenvalue weighted by Crippen LogP contribution is -2.36. The van der Waals surface area contributed by atoms with Gasteiger partial charge in [0.05, 0.1) is 13.2 Å². The number of rotatable bonds is 5. The predicted octanol–water partition coefficient (Wildman–Crippen LogP) is 3.07. The summed E-state index contributed by atoms with van der Waals surface area (Å²) in [6.07, 6.45) is -1.04. The number of benzene rings is 2. The fourth-order valence-electron chi connectivity index (χ4n) is 2.78. The Kier molecular flexibility index (Phi) is 6.38. The van der Waals surface area contributed by atoms with Crippen LogP contribution in [0.5, 0.6) is 5.75 Å². The molecule has 0 unspecified atom stereocenters. The summed E-state index contributed by atoms with van der Waals surface area (Å²) in [5, 5.41) is 12.8. The second kappa shape index (κ2) is 8.95. The van der Waals surface area contributed by atoms with Crippen molar-refractivity contribution in [1.29, 1.82) is 0 Å². The van der Waals surface area contributed by atoms with Crippen LogP contribution < -0.4 is 10.2 Å². The van der Waals surface area contributed by atoms with Crippen molar-refractivity contribution in [2.24, 2.45) is 0 Å². The Morgan fingerprint density at radius 3 is 2.50 bits per heavy atom. The zero-order chi connectivity index (χ0) is 20.1. The summed E-state index contributed by atoms with van der Waals surface area (Å²) in [6.45, 7) is 4.52. The van der Waals surface area contributed by atoms with Gasteiger partial charge < -0.3 is 24.8 Å². The van der Waals surface area contributed by atoms with Crippen LogP contribution in [-0.2, 0) is 14.3 Å². The van der Waals surface area contributed by atoms with Crippen molar-refractivity contribution in [3.05, 3.63) is 53.1 Å². The number of carbonyl (C=O) groups is 2. The van der Waals surface area contributed by atoms with Crippen LogP contribution in [0.25, 0.3) is 0 Å². The van der Waals surface area contributed by atoms with Gasteiger partial charge in [-0.2, -0.15) is 0 Å². The van der Waals surface area contributed by atoms with Gasteiger partial charge in [-0.25, -0.2) is 4.79 Å². The van der Waals surface area contributed by atoms with Gasteiger partial charge in [0, 0.05) is 29.5 Å². The highest BCUT2D eigenvalue weighted by atomic mass is 35.5. The van der Waals surface area contributed by atoms with Crippen molar-refractivity contribution in [3.8, 4) is 5.75 Å². The highest BCUT2D eigenvalue weighted by molar-refractivity contribution is 6.30. The van der Waals surface area contributed by atoms with Gasteiger partial charge >= 0.3 is 5.97 Å². The number of morpholine rings is 1. The number of amides is 1. The zero-order valence-electron chi connectivity index (χ0n) is 15.4. The van der Waals surface area contributed by atoms with E-state index in [0.717, 1.165) is 18.8 Å². The predicted molar refractivity (Wildman–Crippen MR) is 106 cm³/mol. The van der Waals surface area contributed by atoms with Gasteiger partial charge in [-0.3, -0.25) is 4.79 Å². The van der Waals surface area contributed by atoms with Gasteiger partial charge in [0.2, 0.25) is 0 Å². The number of phenolic OH excluding ortho intramolecular Hbond substituents is 1. The number of nitrogens with one attached hydrogen (secondary N) is 1. The summed E-state index contributed by atoms with van der Waals surface area (Å²) < 4.78 is 10.5. The zero-order valence-corrected chi connectivity index (χ0v) is 16.1. The molecule has 2 aromatic carbocycles. The van der Waals surface area contributed by atoms with Crippen molar-refractivity contribution in [2.75, 3.05) is 36.5 Å². The fourth-order valence-corrected chi connectivity index (χ4v) is 2.94. The molecule has 8 heteroatoms. The molecule has 148 valence electrons. The van der Waals surface area contributed by atoms with E-state index in [1.165, 1.54) is 25.1 Å². The number of ether oxygens (including phenoxy) is 2. The molecule has 7 nitrogen and oxygen atoms in total. The molecule has 1 saturated heterocycles. The fraction of sp³-hybridized carbons (Fsp3) is 0.300. The molecule has 1 heterocycles. The Balaban J connectivity index is 1.56. The Morgan fingerprint density at radius 2 is 1.86 bits per heavy atom. The number of carbonyl (C=O) groups excluding carboxylic acids is 2. The van der Waals surface area contributed by atoms with Crippen molar-refractivity contribution >= 4 is 34.9 Å². The van der Waals surface area contributed by atoms with Crippen LogP contribution in [0.4, 0.5) is 11.4 Å². The number of nitrogens with zero attached hydrogens (tertiary/aromatic N) is 1. The molecule has 2 aromatic rings. The van der Waals surface area contributed by atoms with E-state index in [4.69, 9.17) is 21.1 Å². The largest absolute Gasteiger partial charge is 0.507 e. The number of hydrogen-bond acceptors (Lipinski definition) is 6.